The van der Waals surface area contributed by atoms with Crippen LogP contribution in [-0.4, -0.2) is 158 Å². The van der Waals surface area contributed by atoms with E-state index in [9.17, 15) is 14.3 Å². The van der Waals surface area contributed by atoms with Gasteiger partial charge in [-0.25, -0.2) is 0 Å². The van der Waals surface area contributed by atoms with E-state index >= 15 is 0 Å². The van der Waals surface area contributed by atoms with Crippen molar-refractivity contribution in [3.8, 4) is 0 Å². The quantitative estimate of drug-likeness (QED) is 0.115. The minimum atomic E-state index is -2.16. The molecular weight excluding hydrogens is 549 g/mol. The summed E-state index contributed by atoms with van der Waals surface area (Å²) in [6.45, 7) is 1.07. The second kappa shape index (κ2) is 23.7. The highest BCUT2D eigenvalue weighted by Gasteiger charge is 2.52. The van der Waals surface area contributed by atoms with Crippen molar-refractivity contribution in [2.45, 2.75) is 76.3 Å². The summed E-state index contributed by atoms with van der Waals surface area (Å²) in [7, 11) is 2.14. The molecule has 1 aromatic rings. The van der Waals surface area contributed by atoms with Crippen molar-refractivity contribution in [1.29, 1.82) is 0 Å². The van der Waals surface area contributed by atoms with Gasteiger partial charge in [-0.05, 0) is 18.9 Å². The molecule has 0 spiro atoms. The highest BCUT2D eigenvalue weighted by atomic mass is 19.1. The molecule has 0 amide bonds. The van der Waals surface area contributed by atoms with Gasteiger partial charge < -0.3 is 75.1 Å². The molecule has 40 heavy (non-hydrogen) atoms. The van der Waals surface area contributed by atoms with Gasteiger partial charge in [0, 0.05) is 7.05 Å². The van der Waals surface area contributed by atoms with Gasteiger partial charge in [0.2, 0.25) is 5.79 Å². The number of rotatable bonds is 5. The average Bonchev–Trinajstić information content (AvgIpc) is 3.50. The average molecular weight is 596 g/mol. The van der Waals surface area contributed by atoms with Crippen molar-refractivity contribution in [3.63, 3.8) is 0 Å². The number of aliphatic hydroxyl groups excluding tert-OH is 10. The number of carbonyl (C=O) groups excluding carboxylic acids is 1. The van der Waals surface area contributed by atoms with Crippen LogP contribution in [0.4, 0.5) is 4.39 Å². The van der Waals surface area contributed by atoms with Gasteiger partial charge in [0.25, 0.3) is 0 Å². The Morgan fingerprint density at radius 1 is 0.925 bits per heavy atom. The standard InChI is InChI=1S/2C6H12O6.C6H6O3.C2H5N.CH3F.2CH4/c7-1-3-4(9)5(10)6(11,2-8)12-3;7-1-2-3(8)4(9)5(10)6(11)12-2;7-3-5-1-2-6(4-8)9-5;1-3-2;1-2;;/h3-5,7-11H,1-2H2;2-11H,1H2;1-3,8H,4H2;1H2,2H3;1H3;2*1H4/t3-,4+,5?,6+;2?,3-,4-,5-,6?;;;;;/m10...../s1. The maximum absolute atomic E-state index is 9.96. The van der Waals surface area contributed by atoms with E-state index in [0.717, 1.165) is 0 Å². The Morgan fingerprint density at radius 3 is 1.73 bits per heavy atom. The number of carbonyl (C=O) groups is 1. The Bertz CT molecular complexity index is 746. The van der Waals surface area contributed by atoms with E-state index in [2.05, 4.69) is 21.2 Å². The third kappa shape index (κ3) is 13.6. The van der Waals surface area contributed by atoms with Crippen LogP contribution in [-0.2, 0) is 16.1 Å². The van der Waals surface area contributed by atoms with Gasteiger partial charge in [0.05, 0.1) is 27.0 Å². The topological polar surface area (TPSA) is 284 Å². The smallest absolute Gasteiger partial charge is 0.219 e. The Hall–Kier alpha value is -1.97. The van der Waals surface area contributed by atoms with E-state index in [-0.39, 0.29) is 27.2 Å². The molecule has 3 heterocycles. The normalized spacial score (nSPS) is 31.9. The number of aliphatic imine (C=N–C) groups is 1. The largest absolute Gasteiger partial charge is 0.456 e. The Balaban J connectivity index is -0.000000221. The maximum Gasteiger partial charge on any atom is 0.219 e. The molecule has 17 heteroatoms. The fourth-order valence-corrected chi connectivity index (χ4v) is 2.77. The Labute approximate surface area is 231 Å². The predicted octanol–water partition coefficient (Wildman–Crippen LogP) is -3.68. The fourth-order valence-electron chi connectivity index (χ4n) is 2.77. The van der Waals surface area contributed by atoms with E-state index in [4.69, 9.17) is 55.5 Å². The van der Waals surface area contributed by atoms with Crippen LogP contribution in [0.3, 0.4) is 0 Å². The summed E-state index contributed by atoms with van der Waals surface area (Å²) in [5.74, 6) is -1.50. The van der Waals surface area contributed by atoms with Crippen molar-refractivity contribution >= 4 is 13.0 Å². The Morgan fingerprint density at radius 2 is 1.43 bits per heavy atom. The number of ether oxygens (including phenoxy) is 2. The first-order valence-electron chi connectivity index (χ1n) is 10.7. The summed E-state index contributed by atoms with van der Waals surface area (Å²) >= 11 is 0. The number of hydrogen-bond acceptors (Lipinski definition) is 16. The zero-order valence-electron chi connectivity index (χ0n) is 20.8. The molecule has 11 N–H and O–H groups in total. The molecule has 1 aromatic heterocycles. The van der Waals surface area contributed by atoms with Gasteiger partial charge in [0.15, 0.2) is 18.3 Å². The summed E-state index contributed by atoms with van der Waals surface area (Å²) in [4.78, 5) is 13.2. The SMILES string of the molecule is C.C.C=NC.CF.O=Cc1ccc(CO)o1.OCC1OC(O)[C@@H](O)[C@@H](O)[C@H]1O.OC[C@H]1O[C@@](O)(CO)C(O)[C@H]1O. The molecule has 0 bridgehead atoms. The molecule has 0 aromatic carbocycles. The lowest BCUT2D eigenvalue weighted by atomic mass is 10.00. The molecule has 3 unspecified atom stereocenters. The second-order valence-electron chi connectivity index (χ2n) is 7.39. The third-order valence-corrected chi connectivity index (χ3v) is 4.75. The summed E-state index contributed by atoms with van der Waals surface area (Å²) < 4.78 is 23.5. The van der Waals surface area contributed by atoms with Gasteiger partial charge in [0.1, 0.15) is 55.1 Å². The highest BCUT2D eigenvalue weighted by molar-refractivity contribution is 5.70. The molecule has 0 aliphatic carbocycles. The number of aldehydes is 1. The molecule has 2 aliphatic rings. The molecular formula is C23H46FNO15. The Kier molecular flexibility index (Phi) is 26.7. The van der Waals surface area contributed by atoms with E-state index < -0.39 is 74.6 Å². The van der Waals surface area contributed by atoms with Crippen LogP contribution in [0.2, 0.25) is 0 Å². The number of aliphatic hydroxyl groups is 11. The maximum atomic E-state index is 9.96. The zero-order chi connectivity index (χ0) is 30.1. The molecule has 2 fully saturated rings. The number of alkyl halides is 1. The molecule has 16 nitrogen and oxygen atoms in total. The lowest BCUT2D eigenvalue weighted by molar-refractivity contribution is -0.286. The van der Waals surface area contributed by atoms with Gasteiger partial charge in [-0.3, -0.25) is 9.18 Å². The lowest BCUT2D eigenvalue weighted by Gasteiger charge is -2.37. The first-order valence-corrected chi connectivity index (χ1v) is 10.7. The molecule has 9 atom stereocenters. The fraction of sp³-hybridized carbons (Fsp3) is 0.739. The second-order valence-corrected chi connectivity index (χ2v) is 7.39. The van der Waals surface area contributed by atoms with Crippen molar-refractivity contribution in [2.24, 2.45) is 4.99 Å². The van der Waals surface area contributed by atoms with Crippen LogP contribution < -0.4 is 0 Å². The molecule has 2 saturated heterocycles. The van der Waals surface area contributed by atoms with Gasteiger partial charge in [-0.15, -0.1) is 0 Å². The highest BCUT2D eigenvalue weighted by Crippen LogP contribution is 2.28. The number of hydrogen-bond donors (Lipinski definition) is 11. The van der Waals surface area contributed by atoms with Crippen LogP contribution in [0.15, 0.2) is 21.5 Å². The molecule has 3 rings (SSSR count). The van der Waals surface area contributed by atoms with Crippen molar-refractivity contribution in [1.82, 2.24) is 0 Å². The van der Waals surface area contributed by atoms with Crippen LogP contribution in [0.1, 0.15) is 31.2 Å². The van der Waals surface area contributed by atoms with Crippen LogP contribution in [0, 0.1) is 0 Å². The minimum absolute atomic E-state index is 0. The van der Waals surface area contributed by atoms with Crippen molar-refractivity contribution in [3.05, 3.63) is 23.7 Å². The van der Waals surface area contributed by atoms with E-state index in [1.54, 1.807) is 13.1 Å². The molecule has 0 radical (unpaired) electrons. The van der Waals surface area contributed by atoms with E-state index in [1.807, 2.05) is 0 Å². The summed E-state index contributed by atoms with van der Waals surface area (Å²) in [5, 5.41) is 97.8. The minimum Gasteiger partial charge on any atom is -0.456 e. The number of nitrogens with zero attached hydrogens (tertiary/aromatic N) is 1. The number of halogens is 1. The number of furan rings is 1. The predicted molar refractivity (Wildman–Crippen MR) is 138 cm³/mol. The summed E-state index contributed by atoms with van der Waals surface area (Å²) in [6, 6.07) is 3.07. The first-order chi connectivity index (χ1) is 17.9. The molecule has 0 saturated carbocycles. The molecule has 2 aliphatic heterocycles. The summed E-state index contributed by atoms with van der Waals surface area (Å²) in [5.41, 5.74) is 0. The summed E-state index contributed by atoms with van der Waals surface area (Å²) in [6.07, 6.45) is -10.5. The van der Waals surface area contributed by atoms with Crippen LogP contribution in [0.25, 0.3) is 0 Å². The van der Waals surface area contributed by atoms with E-state index in [1.165, 1.54) is 6.07 Å². The molecule has 240 valence electrons. The van der Waals surface area contributed by atoms with Crippen LogP contribution >= 0.6 is 0 Å². The lowest BCUT2D eigenvalue weighted by Crippen LogP contribution is -2.58. The monoisotopic (exact) mass is 595 g/mol. The van der Waals surface area contributed by atoms with Crippen LogP contribution in [0.5, 0.6) is 0 Å². The zero-order valence-corrected chi connectivity index (χ0v) is 20.8. The first kappa shape index (κ1) is 45.0. The van der Waals surface area contributed by atoms with Gasteiger partial charge >= 0.3 is 0 Å². The van der Waals surface area contributed by atoms with Crippen molar-refractivity contribution in [2.75, 3.05) is 34.0 Å². The third-order valence-electron chi connectivity index (χ3n) is 4.75. The van der Waals surface area contributed by atoms with Gasteiger partial charge in [-0.2, -0.15) is 0 Å². The van der Waals surface area contributed by atoms with Crippen molar-refractivity contribution < 1.29 is 79.2 Å². The van der Waals surface area contributed by atoms with Gasteiger partial charge in [-0.1, -0.05) is 14.9 Å². The van der Waals surface area contributed by atoms with E-state index in [0.29, 0.717) is 19.2 Å².